The smallest absolute Gasteiger partial charge is 0.117 e. The number of epoxide rings is 1. The van der Waals surface area contributed by atoms with Crippen LogP contribution >= 0.6 is 0 Å². The Morgan fingerprint density at radius 2 is 1.75 bits per heavy atom. The summed E-state index contributed by atoms with van der Waals surface area (Å²) < 4.78 is 5.53. The molecule has 0 radical (unpaired) electrons. The third-order valence-corrected chi connectivity index (χ3v) is 2.76. The summed E-state index contributed by atoms with van der Waals surface area (Å²) in [6.45, 7) is 6.35. The van der Waals surface area contributed by atoms with Gasteiger partial charge < -0.3 is 4.74 Å². The Hall–Kier alpha value is -0.820. The molecule has 0 aliphatic carbocycles. The second kappa shape index (κ2) is 2.33. The van der Waals surface area contributed by atoms with Crippen molar-refractivity contribution >= 4 is 0 Å². The minimum absolute atomic E-state index is 0.00625. The van der Waals surface area contributed by atoms with Crippen LogP contribution in [0.15, 0.2) is 24.3 Å². The highest BCUT2D eigenvalue weighted by Crippen LogP contribution is 2.45. The number of rotatable bonds is 1. The van der Waals surface area contributed by atoms with Gasteiger partial charge in [0.1, 0.15) is 5.60 Å². The van der Waals surface area contributed by atoms with Crippen molar-refractivity contribution in [1.82, 2.24) is 0 Å². The van der Waals surface area contributed by atoms with Gasteiger partial charge in [-0.15, -0.1) is 0 Å². The van der Waals surface area contributed by atoms with E-state index in [1.54, 1.807) is 0 Å². The van der Waals surface area contributed by atoms with Gasteiger partial charge in [0.25, 0.3) is 0 Å². The van der Waals surface area contributed by atoms with E-state index in [1.807, 2.05) is 0 Å². The molecule has 64 valence electrons. The number of hydrogen-bond acceptors (Lipinski definition) is 1. The first-order chi connectivity index (χ1) is 5.63. The molecule has 2 rings (SSSR count). The summed E-state index contributed by atoms with van der Waals surface area (Å²) in [6, 6.07) is 8.57. The number of hydrogen-bond donors (Lipinski definition) is 0. The minimum atomic E-state index is -0.00625. The molecular weight excluding hydrogens is 148 g/mol. The number of aryl methyl sites for hydroxylation is 1. The molecule has 1 saturated heterocycles. The standard InChI is InChI=1S/C11H14O/c1-8-4-6-10(7-5-8)11(3)9(2)12-11/h4-7,9H,1-3H3. The predicted molar refractivity (Wildman–Crippen MR) is 49.1 cm³/mol. The van der Waals surface area contributed by atoms with E-state index in [9.17, 15) is 0 Å². The summed E-state index contributed by atoms with van der Waals surface area (Å²) in [7, 11) is 0. The van der Waals surface area contributed by atoms with Crippen LogP contribution in [0.3, 0.4) is 0 Å². The highest BCUT2D eigenvalue weighted by molar-refractivity contribution is 5.30. The van der Waals surface area contributed by atoms with Crippen molar-refractivity contribution in [3.8, 4) is 0 Å². The summed E-state index contributed by atoms with van der Waals surface area (Å²) in [5.41, 5.74) is 2.59. The Labute approximate surface area is 73.4 Å². The van der Waals surface area contributed by atoms with Gasteiger partial charge in [-0.05, 0) is 26.3 Å². The van der Waals surface area contributed by atoms with Gasteiger partial charge in [-0.2, -0.15) is 0 Å². The Bertz CT molecular complexity index is 288. The summed E-state index contributed by atoms with van der Waals surface area (Å²) in [6.07, 6.45) is 0.375. The lowest BCUT2D eigenvalue weighted by Crippen LogP contribution is -2.04. The van der Waals surface area contributed by atoms with E-state index in [1.165, 1.54) is 11.1 Å². The van der Waals surface area contributed by atoms with E-state index in [0.717, 1.165) is 0 Å². The highest BCUT2D eigenvalue weighted by atomic mass is 16.6. The number of benzene rings is 1. The Morgan fingerprint density at radius 3 is 2.17 bits per heavy atom. The molecule has 0 amide bonds. The highest BCUT2D eigenvalue weighted by Gasteiger charge is 2.49. The lowest BCUT2D eigenvalue weighted by molar-refractivity contribution is 0.316. The maximum Gasteiger partial charge on any atom is 0.117 e. The largest absolute Gasteiger partial charge is 0.362 e. The van der Waals surface area contributed by atoms with Gasteiger partial charge in [0, 0.05) is 0 Å². The molecule has 1 heteroatoms. The molecule has 0 aromatic heterocycles. The SMILES string of the molecule is Cc1ccc(C2(C)OC2C)cc1. The van der Waals surface area contributed by atoms with E-state index < -0.39 is 0 Å². The first kappa shape index (κ1) is 7.81. The van der Waals surface area contributed by atoms with E-state index in [-0.39, 0.29) is 5.60 Å². The molecule has 0 saturated carbocycles. The van der Waals surface area contributed by atoms with Crippen molar-refractivity contribution in [2.75, 3.05) is 0 Å². The van der Waals surface area contributed by atoms with Crippen LogP contribution in [0.1, 0.15) is 25.0 Å². The van der Waals surface area contributed by atoms with Crippen molar-refractivity contribution < 1.29 is 4.74 Å². The summed E-state index contributed by atoms with van der Waals surface area (Å²) >= 11 is 0. The number of ether oxygens (including phenoxy) is 1. The maximum absolute atomic E-state index is 5.53. The summed E-state index contributed by atoms with van der Waals surface area (Å²) in [5.74, 6) is 0. The van der Waals surface area contributed by atoms with Crippen LogP contribution in [0.2, 0.25) is 0 Å². The van der Waals surface area contributed by atoms with Crippen molar-refractivity contribution in [3.63, 3.8) is 0 Å². The van der Waals surface area contributed by atoms with Crippen LogP contribution in [0.25, 0.3) is 0 Å². The summed E-state index contributed by atoms with van der Waals surface area (Å²) in [4.78, 5) is 0. The topological polar surface area (TPSA) is 12.5 Å². The van der Waals surface area contributed by atoms with Gasteiger partial charge in [0.2, 0.25) is 0 Å². The first-order valence-corrected chi connectivity index (χ1v) is 4.38. The van der Waals surface area contributed by atoms with E-state index in [0.29, 0.717) is 6.10 Å². The lowest BCUT2D eigenvalue weighted by Gasteiger charge is -2.05. The van der Waals surface area contributed by atoms with Crippen LogP contribution in [0.4, 0.5) is 0 Å². The average molecular weight is 162 g/mol. The monoisotopic (exact) mass is 162 g/mol. The fourth-order valence-corrected chi connectivity index (χ4v) is 1.52. The van der Waals surface area contributed by atoms with Crippen LogP contribution < -0.4 is 0 Å². The third-order valence-electron chi connectivity index (χ3n) is 2.76. The molecule has 0 spiro atoms. The van der Waals surface area contributed by atoms with E-state index in [2.05, 4.69) is 45.0 Å². The molecule has 2 atom stereocenters. The molecule has 1 aliphatic heterocycles. The molecule has 0 N–H and O–H groups in total. The van der Waals surface area contributed by atoms with Gasteiger partial charge >= 0.3 is 0 Å². The molecular formula is C11H14O. The van der Waals surface area contributed by atoms with Crippen LogP contribution in [0, 0.1) is 6.92 Å². The average Bonchev–Trinajstić information content (AvgIpc) is 2.62. The molecule has 0 bridgehead atoms. The lowest BCUT2D eigenvalue weighted by atomic mass is 9.97. The zero-order chi connectivity index (χ0) is 8.77. The molecule has 1 aromatic carbocycles. The Morgan fingerprint density at radius 1 is 1.25 bits per heavy atom. The second-order valence-corrected chi connectivity index (χ2v) is 3.73. The van der Waals surface area contributed by atoms with Crippen molar-refractivity contribution in [2.45, 2.75) is 32.5 Å². The molecule has 1 aliphatic rings. The van der Waals surface area contributed by atoms with Gasteiger partial charge in [-0.3, -0.25) is 0 Å². The molecule has 1 aromatic rings. The Balaban J connectivity index is 2.31. The van der Waals surface area contributed by atoms with Gasteiger partial charge in [0.15, 0.2) is 0 Å². The normalized spacial score (nSPS) is 33.4. The quantitative estimate of drug-likeness (QED) is 0.578. The predicted octanol–water partition coefficient (Wildman–Crippen LogP) is 2.63. The molecule has 1 heterocycles. The zero-order valence-corrected chi connectivity index (χ0v) is 7.79. The zero-order valence-electron chi connectivity index (χ0n) is 7.79. The van der Waals surface area contributed by atoms with Gasteiger partial charge in [-0.25, -0.2) is 0 Å². The fourth-order valence-electron chi connectivity index (χ4n) is 1.52. The van der Waals surface area contributed by atoms with Crippen molar-refractivity contribution in [1.29, 1.82) is 0 Å². The minimum Gasteiger partial charge on any atom is -0.362 e. The van der Waals surface area contributed by atoms with Gasteiger partial charge in [0.05, 0.1) is 6.10 Å². The first-order valence-electron chi connectivity index (χ1n) is 4.38. The second-order valence-electron chi connectivity index (χ2n) is 3.73. The molecule has 12 heavy (non-hydrogen) atoms. The molecule has 1 nitrogen and oxygen atoms in total. The Kier molecular flexibility index (Phi) is 1.52. The molecule has 1 fully saturated rings. The van der Waals surface area contributed by atoms with Gasteiger partial charge in [-0.1, -0.05) is 29.8 Å². The van der Waals surface area contributed by atoms with Crippen LogP contribution in [-0.4, -0.2) is 6.10 Å². The van der Waals surface area contributed by atoms with Crippen molar-refractivity contribution in [3.05, 3.63) is 35.4 Å². The van der Waals surface area contributed by atoms with Crippen LogP contribution in [-0.2, 0) is 10.3 Å². The third kappa shape index (κ3) is 1.05. The van der Waals surface area contributed by atoms with E-state index >= 15 is 0 Å². The molecule has 2 unspecified atom stereocenters. The van der Waals surface area contributed by atoms with E-state index in [4.69, 9.17) is 4.74 Å². The fraction of sp³-hybridized carbons (Fsp3) is 0.455. The maximum atomic E-state index is 5.53. The van der Waals surface area contributed by atoms with Crippen molar-refractivity contribution in [2.24, 2.45) is 0 Å². The van der Waals surface area contributed by atoms with Crippen LogP contribution in [0.5, 0.6) is 0 Å². The summed E-state index contributed by atoms with van der Waals surface area (Å²) in [5, 5.41) is 0.